The van der Waals surface area contributed by atoms with Crippen LogP contribution < -0.4 is 0 Å². The van der Waals surface area contributed by atoms with Crippen molar-refractivity contribution in [3.63, 3.8) is 0 Å². The number of aliphatic hydroxyl groups is 8. The summed E-state index contributed by atoms with van der Waals surface area (Å²) in [6, 6.07) is 0. The topological polar surface area (TPSA) is 199 Å². The molecule has 0 aromatic heterocycles. The van der Waals surface area contributed by atoms with Crippen molar-refractivity contribution in [3.8, 4) is 0 Å². The average molecular weight is 468 g/mol. The molecule has 12 nitrogen and oxygen atoms in total. The molecule has 188 valence electrons. The van der Waals surface area contributed by atoms with E-state index in [1.165, 1.54) is 6.08 Å². The molecule has 0 spiro atoms. The highest BCUT2D eigenvalue weighted by Gasteiger charge is 2.51. The first-order valence-corrected chi connectivity index (χ1v) is 10.8. The second-order valence-electron chi connectivity index (χ2n) is 7.99. The zero-order chi connectivity index (χ0) is 23.8. The van der Waals surface area contributed by atoms with Gasteiger partial charge in [0.2, 0.25) is 0 Å². The van der Waals surface area contributed by atoms with Gasteiger partial charge in [0.25, 0.3) is 0 Å². The van der Waals surface area contributed by atoms with E-state index in [2.05, 4.69) is 6.58 Å². The first kappa shape index (κ1) is 27.5. The van der Waals surface area contributed by atoms with Gasteiger partial charge in [-0.2, -0.15) is 0 Å². The van der Waals surface area contributed by atoms with Gasteiger partial charge in [0, 0.05) is 6.61 Å². The Balaban J connectivity index is 2.15. The summed E-state index contributed by atoms with van der Waals surface area (Å²) in [7, 11) is 0. The van der Waals surface area contributed by atoms with Gasteiger partial charge in [0.1, 0.15) is 48.8 Å². The van der Waals surface area contributed by atoms with Gasteiger partial charge in [-0.1, -0.05) is 18.9 Å². The molecule has 8 N–H and O–H groups in total. The molecule has 11 unspecified atom stereocenters. The fourth-order valence-electron chi connectivity index (χ4n) is 3.69. The second kappa shape index (κ2) is 13.2. The Morgan fingerprint density at radius 2 is 1.34 bits per heavy atom. The maximum atomic E-state index is 10.6. The Bertz CT molecular complexity index is 549. The summed E-state index contributed by atoms with van der Waals surface area (Å²) in [4.78, 5) is 0. The van der Waals surface area contributed by atoms with E-state index in [0.717, 1.165) is 6.42 Å². The van der Waals surface area contributed by atoms with Gasteiger partial charge in [-0.15, -0.1) is 6.58 Å². The van der Waals surface area contributed by atoms with Crippen molar-refractivity contribution in [1.82, 2.24) is 0 Å². The Morgan fingerprint density at radius 3 is 1.91 bits per heavy atom. The zero-order valence-corrected chi connectivity index (χ0v) is 17.8. The van der Waals surface area contributed by atoms with Gasteiger partial charge in [-0.3, -0.25) is 0 Å². The van der Waals surface area contributed by atoms with Gasteiger partial charge in [-0.25, -0.2) is 0 Å². The summed E-state index contributed by atoms with van der Waals surface area (Å²) < 4.78 is 22.3. The van der Waals surface area contributed by atoms with Gasteiger partial charge in [0.15, 0.2) is 12.6 Å². The van der Waals surface area contributed by atoms with Crippen LogP contribution in [0.3, 0.4) is 0 Å². The Hall–Kier alpha value is -0.740. The van der Waals surface area contributed by atoms with Crippen molar-refractivity contribution in [2.75, 3.05) is 19.8 Å². The molecule has 0 saturated carbocycles. The molecule has 32 heavy (non-hydrogen) atoms. The van der Waals surface area contributed by atoms with Crippen molar-refractivity contribution >= 4 is 0 Å². The molecule has 2 heterocycles. The fourth-order valence-corrected chi connectivity index (χ4v) is 3.69. The smallest absolute Gasteiger partial charge is 0.187 e. The first-order valence-electron chi connectivity index (χ1n) is 10.8. The number of unbranched alkanes of at least 4 members (excludes halogenated alkanes) is 2. The van der Waals surface area contributed by atoms with Crippen LogP contribution in [0.25, 0.3) is 0 Å². The molecule has 0 amide bonds. The predicted molar refractivity (Wildman–Crippen MR) is 107 cm³/mol. The van der Waals surface area contributed by atoms with Crippen LogP contribution in [0.4, 0.5) is 0 Å². The number of rotatable bonds is 12. The minimum Gasteiger partial charge on any atom is -0.396 e. The molecule has 2 rings (SSSR count). The Morgan fingerprint density at radius 1 is 0.750 bits per heavy atom. The lowest BCUT2D eigenvalue weighted by molar-refractivity contribution is -0.370. The van der Waals surface area contributed by atoms with Crippen molar-refractivity contribution in [2.24, 2.45) is 0 Å². The molecule has 0 aromatic rings. The number of hydrogen-bond donors (Lipinski definition) is 8. The van der Waals surface area contributed by atoms with E-state index in [4.69, 9.17) is 24.1 Å². The van der Waals surface area contributed by atoms with Gasteiger partial charge < -0.3 is 59.8 Å². The normalized spacial score (nSPS) is 41.4. The highest BCUT2D eigenvalue weighted by Crippen LogP contribution is 2.30. The third kappa shape index (κ3) is 6.65. The van der Waals surface area contributed by atoms with Crippen LogP contribution in [-0.2, 0) is 18.9 Å². The van der Waals surface area contributed by atoms with Crippen molar-refractivity contribution in [2.45, 2.75) is 93.2 Å². The van der Waals surface area contributed by atoms with E-state index in [0.29, 0.717) is 19.3 Å². The quantitative estimate of drug-likeness (QED) is 0.105. The monoisotopic (exact) mass is 468 g/mol. The summed E-state index contributed by atoms with van der Waals surface area (Å²) in [5, 5.41) is 78.7. The average Bonchev–Trinajstić information content (AvgIpc) is 2.80. The lowest BCUT2D eigenvalue weighted by atomic mass is 9.97. The summed E-state index contributed by atoms with van der Waals surface area (Å²) in [6.45, 7) is 2.50. The highest BCUT2D eigenvalue weighted by atomic mass is 16.8. The Labute approximate surface area is 186 Å². The fraction of sp³-hybridized carbons (Fsp3) is 0.900. The molecule has 0 aliphatic carbocycles. The van der Waals surface area contributed by atoms with Crippen LogP contribution in [0.2, 0.25) is 0 Å². The van der Waals surface area contributed by atoms with E-state index in [-0.39, 0.29) is 6.61 Å². The van der Waals surface area contributed by atoms with Crippen molar-refractivity contribution in [1.29, 1.82) is 0 Å². The largest absolute Gasteiger partial charge is 0.396 e. The van der Waals surface area contributed by atoms with E-state index >= 15 is 0 Å². The van der Waals surface area contributed by atoms with Gasteiger partial charge in [0.05, 0.1) is 19.3 Å². The SMILES string of the molecule is C=CC(CCCCCO)OC1OC(CO)C(O)C(O)C1OC1OC(CO)C(O)C(O)C1O. The molecule has 12 heteroatoms. The van der Waals surface area contributed by atoms with E-state index in [1.54, 1.807) is 0 Å². The predicted octanol–water partition coefficient (Wildman–Crippen LogP) is -3.27. The van der Waals surface area contributed by atoms with Crippen LogP contribution in [0, 0.1) is 0 Å². The third-order valence-corrected chi connectivity index (χ3v) is 5.68. The molecule has 2 aliphatic heterocycles. The van der Waals surface area contributed by atoms with Crippen LogP contribution in [0.1, 0.15) is 25.7 Å². The molecule has 2 fully saturated rings. The molecule has 0 bridgehead atoms. The second-order valence-corrected chi connectivity index (χ2v) is 7.99. The third-order valence-electron chi connectivity index (χ3n) is 5.68. The highest BCUT2D eigenvalue weighted by molar-refractivity contribution is 4.94. The van der Waals surface area contributed by atoms with Crippen molar-refractivity contribution < 1.29 is 59.8 Å². The number of hydrogen-bond acceptors (Lipinski definition) is 12. The van der Waals surface area contributed by atoms with Crippen LogP contribution in [0.15, 0.2) is 12.7 Å². The van der Waals surface area contributed by atoms with Crippen LogP contribution in [-0.4, -0.2) is 128 Å². The lowest BCUT2D eigenvalue weighted by Crippen LogP contribution is -2.64. The summed E-state index contributed by atoms with van der Waals surface area (Å²) >= 11 is 0. The first-order chi connectivity index (χ1) is 15.3. The molecule has 0 radical (unpaired) electrons. The minimum absolute atomic E-state index is 0.0720. The van der Waals surface area contributed by atoms with Gasteiger partial charge >= 0.3 is 0 Å². The molecule has 2 saturated heterocycles. The maximum absolute atomic E-state index is 10.6. The van der Waals surface area contributed by atoms with E-state index in [1.807, 2.05) is 0 Å². The van der Waals surface area contributed by atoms with E-state index < -0.39 is 80.7 Å². The zero-order valence-electron chi connectivity index (χ0n) is 17.8. The molecule has 2 aliphatic rings. The van der Waals surface area contributed by atoms with E-state index in [9.17, 15) is 35.7 Å². The van der Waals surface area contributed by atoms with Crippen molar-refractivity contribution in [3.05, 3.63) is 12.7 Å². The van der Waals surface area contributed by atoms with Crippen LogP contribution >= 0.6 is 0 Å². The molecule has 0 aromatic carbocycles. The summed E-state index contributed by atoms with van der Waals surface area (Å²) in [5.74, 6) is 0. The van der Waals surface area contributed by atoms with Gasteiger partial charge in [-0.05, 0) is 12.8 Å². The standard InChI is InChI=1S/C20H36O12/c1-2-10(6-4-3-5-7-21)29-20-18(16(27)14(25)12(9-23)31-20)32-19-17(28)15(26)13(24)11(8-22)30-19/h2,10-28H,1,3-9H2. The molecular formula is C20H36O12. The summed E-state index contributed by atoms with van der Waals surface area (Å²) in [5.41, 5.74) is 0. The Kier molecular flexibility index (Phi) is 11.4. The number of ether oxygens (including phenoxy) is 4. The lowest BCUT2D eigenvalue weighted by Gasteiger charge is -2.46. The maximum Gasteiger partial charge on any atom is 0.187 e. The van der Waals surface area contributed by atoms with Crippen LogP contribution in [0.5, 0.6) is 0 Å². The number of aliphatic hydroxyl groups excluding tert-OH is 8. The molecule has 11 atom stereocenters. The minimum atomic E-state index is -1.73. The summed E-state index contributed by atoms with van der Waals surface area (Å²) in [6.07, 6.45) is -11.4. The molecular weight excluding hydrogens is 432 g/mol.